The van der Waals surface area contributed by atoms with Crippen LogP contribution in [0.4, 0.5) is 5.69 Å². The minimum absolute atomic E-state index is 0.0811. The van der Waals surface area contributed by atoms with E-state index < -0.39 is 0 Å². The number of amides is 1. The molecule has 3 rings (SSSR count). The van der Waals surface area contributed by atoms with Crippen molar-refractivity contribution in [3.63, 3.8) is 0 Å². The van der Waals surface area contributed by atoms with Crippen LogP contribution in [-0.4, -0.2) is 10.9 Å². The highest BCUT2D eigenvalue weighted by Gasteiger charge is 2.14. The van der Waals surface area contributed by atoms with E-state index >= 15 is 0 Å². The molecule has 1 N–H and O–H groups in total. The zero-order valence-corrected chi connectivity index (χ0v) is 11.4. The number of nitrogens with zero attached hydrogens (tertiary/aromatic N) is 1. The molecule has 0 atom stereocenters. The first-order valence-corrected chi connectivity index (χ1v) is 6.43. The van der Waals surface area contributed by atoms with Crippen LogP contribution >= 0.6 is 11.6 Å². The number of hydrogen-bond donors (Lipinski definition) is 1. The molecule has 1 amide bonds. The Kier molecular flexibility index (Phi) is 3.16. The molecule has 0 radical (unpaired) electrons. The van der Waals surface area contributed by atoms with Crippen molar-refractivity contribution in [2.24, 2.45) is 0 Å². The molecule has 0 bridgehead atoms. The van der Waals surface area contributed by atoms with Gasteiger partial charge in [-0.25, -0.2) is 0 Å². The number of aromatic nitrogens is 1. The average molecular weight is 287 g/mol. The van der Waals surface area contributed by atoms with E-state index in [-0.39, 0.29) is 11.1 Å². The summed E-state index contributed by atoms with van der Waals surface area (Å²) < 4.78 is 4.93. The summed E-state index contributed by atoms with van der Waals surface area (Å²) in [5, 5.41) is 3.81. The van der Waals surface area contributed by atoms with Gasteiger partial charge in [0.15, 0.2) is 0 Å². The molecule has 0 unspecified atom stereocenters. The molecule has 0 saturated heterocycles. The highest BCUT2D eigenvalue weighted by Crippen LogP contribution is 2.25. The lowest BCUT2D eigenvalue weighted by molar-refractivity contribution is 0.102. The number of hydrogen-bond acceptors (Lipinski definition) is 3. The van der Waals surface area contributed by atoms with Crippen molar-refractivity contribution < 1.29 is 9.21 Å². The number of carbonyl (C=O) groups excluding carboxylic acids is 1. The number of nitrogens with one attached hydrogen (secondary N) is 1. The maximum absolute atomic E-state index is 12.2. The summed E-state index contributed by atoms with van der Waals surface area (Å²) in [6, 6.07) is 11.0. The molecule has 0 fully saturated rings. The minimum Gasteiger partial charge on any atom is -0.452 e. The van der Waals surface area contributed by atoms with Crippen molar-refractivity contribution in [2.45, 2.75) is 6.92 Å². The maximum atomic E-state index is 12.2. The first kappa shape index (κ1) is 12.7. The number of anilines is 1. The van der Waals surface area contributed by atoms with Crippen molar-refractivity contribution in [1.82, 2.24) is 4.98 Å². The van der Waals surface area contributed by atoms with E-state index in [1.165, 1.54) is 12.3 Å². The molecular weight excluding hydrogens is 276 g/mol. The fraction of sp³-hybridized carbons (Fsp3) is 0.0667. The highest BCUT2D eigenvalue weighted by molar-refractivity contribution is 6.32. The zero-order valence-electron chi connectivity index (χ0n) is 10.7. The Morgan fingerprint density at radius 2 is 2.10 bits per heavy atom. The first-order chi connectivity index (χ1) is 9.65. The fourth-order valence-corrected chi connectivity index (χ4v) is 2.26. The summed E-state index contributed by atoms with van der Waals surface area (Å²) in [4.78, 5) is 16.6. The SMILES string of the molecule is Cc1cc(NC(=O)c2ccoc2Cl)c2ccccc2n1. The molecule has 1 aromatic carbocycles. The van der Waals surface area contributed by atoms with Crippen molar-refractivity contribution in [3.05, 3.63) is 59.1 Å². The first-order valence-electron chi connectivity index (χ1n) is 6.06. The van der Waals surface area contributed by atoms with E-state index in [0.29, 0.717) is 11.3 Å². The smallest absolute Gasteiger partial charge is 0.260 e. The molecule has 0 aliphatic heterocycles. The normalized spacial score (nSPS) is 10.7. The number of rotatable bonds is 2. The monoisotopic (exact) mass is 286 g/mol. The average Bonchev–Trinajstić information content (AvgIpc) is 2.85. The summed E-state index contributed by atoms with van der Waals surface area (Å²) in [5.41, 5.74) is 2.68. The van der Waals surface area contributed by atoms with Crippen molar-refractivity contribution >= 4 is 34.1 Å². The number of fused-ring (bicyclic) bond motifs is 1. The van der Waals surface area contributed by atoms with Gasteiger partial charge in [0, 0.05) is 11.1 Å². The minimum atomic E-state index is -0.306. The number of pyridine rings is 1. The maximum Gasteiger partial charge on any atom is 0.260 e. The summed E-state index contributed by atoms with van der Waals surface area (Å²) in [6.07, 6.45) is 1.38. The van der Waals surface area contributed by atoms with Crippen molar-refractivity contribution in [3.8, 4) is 0 Å². The standard InChI is InChI=1S/C15H11ClN2O2/c1-9-8-13(10-4-2-3-5-12(10)17-9)18-15(19)11-6-7-20-14(11)16/h2-8H,1H3,(H,17,18,19). The summed E-state index contributed by atoms with van der Waals surface area (Å²) in [6.45, 7) is 1.88. The Balaban J connectivity index is 2.03. The second-order valence-corrected chi connectivity index (χ2v) is 4.73. The second kappa shape index (κ2) is 4.98. The van der Waals surface area contributed by atoms with Crippen LogP contribution in [0.25, 0.3) is 10.9 Å². The van der Waals surface area contributed by atoms with Gasteiger partial charge in [-0.05, 0) is 36.7 Å². The van der Waals surface area contributed by atoms with Gasteiger partial charge in [0.05, 0.1) is 23.0 Å². The number of benzene rings is 1. The van der Waals surface area contributed by atoms with Crippen LogP contribution < -0.4 is 5.32 Å². The third-order valence-corrected chi connectivity index (χ3v) is 3.25. The number of para-hydroxylation sites is 1. The van der Waals surface area contributed by atoms with Gasteiger partial charge in [0.1, 0.15) is 0 Å². The number of halogens is 1. The van der Waals surface area contributed by atoms with Gasteiger partial charge in [0.2, 0.25) is 5.22 Å². The molecule has 2 aromatic heterocycles. The molecule has 5 heteroatoms. The predicted molar refractivity (Wildman–Crippen MR) is 78.2 cm³/mol. The van der Waals surface area contributed by atoms with Gasteiger partial charge in [-0.1, -0.05) is 18.2 Å². The van der Waals surface area contributed by atoms with Gasteiger partial charge >= 0.3 is 0 Å². The van der Waals surface area contributed by atoms with Crippen LogP contribution in [0.1, 0.15) is 16.1 Å². The van der Waals surface area contributed by atoms with E-state index in [1.807, 2.05) is 37.3 Å². The van der Waals surface area contributed by atoms with Crippen LogP contribution in [-0.2, 0) is 0 Å². The number of furan rings is 1. The Bertz CT molecular complexity index is 795. The van der Waals surface area contributed by atoms with Gasteiger partial charge < -0.3 is 9.73 Å². The molecule has 20 heavy (non-hydrogen) atoms. The van der Waals surface area contributed by atoms with Gasteiger partial charge in [-0.3, -0.25) is 9.78 Å². The topological polar surface area (TPSA) is 55.1 Å². The Hall–Kier alpha value is -2.33. The predicted octanol–water partition coefficient (Wildman–Crippen LogP) is 4.04. The number of aryl methyl sites for hydroxylation is 1. The summed E-state index contributed by atoms with van der Waals surface area (Å²) >= 11 is 5.81. The summed E-state index contributed by atoms with van der Waals surface area (Å²) in [5.74, 6) is -0.306. The zero-order chi connectivity index (χ0) is 14.1. The fourth-order valence-electron chi connectivity index (χ4n) is 2.06. The van der Waals surface area contributed by atoms with Crippen LogP contribution in [0.15, 0.2) is 47.1 Å². The summed E-state index contributed by atoms with van der Waals surface area (Å²) in [7, 11) is 0. The highest BCUT2D eigenvalue weighted by atomic mass is 35.5. The third kappa shape index (κ3) is 2.26. The molecule has 4 nitrogen and oxygen atoms in total. The van der Waals surface area contributed by atoms with E-state index in [1.54, 1.807) is 0 Å². The third-order valence-electron chi connectivity index (χ3n) is 2.96. The lowest BCUT2D eigenvalue weighted by Crippen LogP contribution is -2.12. The van der Waals surface area contributed by atoms with E-state index in [0.717, 1.165) is 16.6 Å². The van der Waals surface area contributed by atoms with Crippen molar-refractivity contribution in [2.75, 3.05) is 5.32 Å². The molecular formula is C15H11ClN2O2. The Labute approximate surface area is 120 Å². The van der Waals surface area contributed by atoms with Crippen LogP contribution in [0.2, 0.25) is 5.22 Å². The van der Waals surface area contributed by atoms with E-state index in [4.69, 9.17) is 16.0 Å². The van der Waals surface area contributed by atoms with Gasteiger partial charge in [0.25, 0.3) is 5.91 Å². The lowest BCUT2D eigenvalue weighted by atomic mass is 10.1. The largest absolute Gasteiger partial charge is 0.452 e. The lowest BCUT2D eigenvalue weighted by Gasteiger charge is -2.09. The molecule has 100 valence electrons. The van der Waals surface area contributed by atoms with E-state index in [9.17, 15) is 4.79 Å². The van der Waals surface area contributed by atoms with Crippen LogP contribution in [0, 0.1) is 6.92 Å². The second-order valence-electron chi connectivity index (χ2n) is 4.39. The molecule has 0 aliphatic rings. The molecule has 0 saturated carbocycles. The number of carbonyl (C=O) groups is 1. The van der Waals surface area contributed by atoms with Crippen LogP contribution in [0.5, 0.6) is 0 Å². The van der Waals surface area contributed by atoms with Crippen molar-refractivity contribution in [1.29, 1.82) is 0 Å². The quantitative estimate of drug-likeness (QED) is 0.773. The van der Waals surface area contributed by atoms with Gasteiger partial charge in [-0.15, -0.1) is 0 Å². The van der Waals surface area contributed by atoms with E-state index in [2.05, 4.69) is 10.3 Å². The van der Waals surface area contributed by atoms with Crippen LogP contribution in [0.3, 0.4) is 0 Å². The Morgan fingerprint density at radius 1 is 1.30 bits per heavy atom. The molecule has 0 spiro atoms. The molecule has 0 aliphatic carbocycles. The Morgan fingerprint density at radius 3 is 2.85 bits per heavy atom. The van der Waals surface area contributed by atoms with Gasteiger partial charge in [-0.2, -0.15) is 0 Å². The molecule has 3 aromatic rings. The molecule has 2 heterocycles.